The highest BCUT2D eigenvalue weighted by Crippen LogP contribution is 2.24. The molecule has 2 nitrogen and oxygen atoms in total. The molecule has 2 heteroatoms. The molecular formula is C14H20O2. The summed E-state index contributed by atoms with van der Waals surface area (Å²) in [5, 5.41) is 0. The van der Waals surface area contributed by atoms with Gasteiger partial charge in [0.05, 0.1) is 11.5 Å². The van der Waals surface area contributed by atoms with E-state index < -0.39 is 5.41 Å². The number of benzene rings is 1. The lowest BCUT2D eigenvalue weighted by Gasteiger charge is -2.24. The number of carbonyl (C=O) groups excluding carboxylic acids is 1. The second-order valence-corrected chi connectivity index (χ2v) is 5.00. The molecule has 0 amide bonds. The Balaban J connectivity index is 2.68. The number of hydrogen-bond acceptors (Lipinski definition) is 2. The maximum atomic E-state index is 11.9. The fourth-order valence-electron chi connectivity index (χ4n) is 1.55. The molecule has 88 valence electrons. The monoisotopic (exact) mass is 220 g/mol. The molecule has 0 fully saturated rings. The highest BCUT2D eigenvalue weighted by Gasteiger charge is 2.30. The molecule has 0 radical (unpaired) electrons. The van der Waals surface area contributed by atoms with E-state index in [9.17, 15) is 4.79 Å². The minimum Gasteiger partial charge on any atom is -0.463 e. The summed E-state index contributed by atoms with van der Waals surface area (Å²) in [6, 6.07) is 10.0. The van der Waals surface area contributed by atoms with Gasteiger partial charge in [-0.05, 0) is 39.7 Å². The van der Waals surface area contributed by atoms with Gasteiger partial charge in [0.15, 0.2) is 0 Å². The van der Waals surface area contributed by atoms with Crippen LogP contribution in [-0.4, -0.2) is 12.1 Å². The topological polar surface area (TPSA) is 26.3 Å². The Kier molecular flexibility index (Phi) is 4.11. The van der Waals surface area contributed by atoms with Crippen molar-refractivity contribution in [3.63, 3.8) is 0 Å². The van der Waals surface area contributed by atoms with Crippen LogP contribution in [0.4, 0.5) is 0 Å². The summed E-state index contributed by atoms with van der Waals surface area (Å²) in [6.07, 6.45) is 0.655. The molecule has 0 spiro atoms. The molecule has 1 aromatic carbocycles. The fourth-order valence-corrected chi connectivity index (χ4v) is 1.55. The van der Waals surface area contributed by atoms with E-state index in [4.69, 9.17) is 4.74 Å². The minimum atomic E-state index is -0.467. The molecular weight excluding hydrogens is 200 g/mol. The van der Waals surface area contributed by atoms with Crippen LogP contribution in [0.15, 0.2) is 30.3 Å². The molecule has 0 heterocycles. The van der Waals surface area contributed by atoms with Crippen LogP contribution < -0.4 is 0 Å². The number of carbonyl (C=O) groups is 1. The van der Waals surface area contributed by atoms with Crippen LogP contribution in [0.1, 0.15) is 33.3 Å². The molecule has 0 aliphatic rings. The summed E-state index contributed by atoms with van der Waals surface area (Å²) < 4.78 is 5.25. The third kappa shape index (κ3) is 3.69. The van der Waals surface area contributed by atoms with Crippen molar-refractivity contribution in [2.75, 3.05) is 0 Å². The molecule has 0 saturated heterocycles. The average molecular weight is 220 g/mol. The van der Waals surface area contributed by atoms with Crippen LogP contribution in [0.25, 0.3) is 0 Å². The molecule has 1 rings (SSSR count). The third-order valence-corrected chi connectivity index (χ3v) is 2.38. The van der Waals surface area contributed by atoms with Gasteiger partial charge in [0, 0.05) is 0 Å². The van der Waals surface area contributed by atoms with Gasteiger partial charge in [0.1, 0.15) is 0 Å². The summed E-state index contributed by atoms with van der Waals surface area (Å²) in [6.45, 7) is 7.59. The van der Waals surface area contributed by atoms with Crippen molar-refractivity contribution in [3.8, 4) is 0 Å². The zero-order valence-corrected chi connectivity index (χ0v) is 10.5. The molecule has 0 saturated carbocycles. The van der Waals surface area contributed by atoms with E-state index in [0.717, 1.165) is 5.56 Å². The Morgan fingerprint density at radius 3 is 2.31 bits per heavy atom. The number of esters is 1. The highest BCUT2D eigenvalue weighted by molar-refractivity contribution is 5.76. The van der Waals surface area contributed by atoms with Crippen molar-refractivity contribution in [1.29, 1.82) is 0 Å². The Bertz CT molecular complexity index is 339. The van der Waals surface area contributed by atoms with E-state index >= 15 is 0 Å². The van der Waals surface area contributed by atoms with Gasteiger partial charge in [-0.1, -0.05) is 30.3 Å². The van der Waals surface area contributed by atoms with Gasteiger partial charge in [0.25, 0.3) is 0 Å². The van der Waals surface area contributed by atoms with Crippen molar-refractivity contribution in [1.82, 2.24) is 0 Å². The fraction of sp³-hybridized carbons (Fsp3) is 0.500. The molecule has 0 bridgehead atoms. The summed E-state index contributed by atoms with van der Waals surface area (Å²) >= 11 is 0. The van der Waals surface area contributed by atoms with Crippen molar-refractivity contribution in [2.24, 2.45) is 5.41 Å². The van der Waals surface area contributed by atoms with Crippen LogP contribution in [0.2, 0.25) is 0 Å². The van der Waals surface area contributed by atoms with Gasteiger partial charge in [-0.2, -0.15) is 0 Å². The maximum Gasteiger partial charge on any atom is 0.312 e. The Morgan fingerprint density at radius 2 is 1.81 bits per heavy atom. The Morgan fingerprint density at radius 1 is 1.25 bits per heavy atom. The van der Waals surface area contributed by atoms with Gasteiger partial charge < -0.3 is 4.74 Å². The van der Waals surface area contributed by atoms with Crippen LogP contribution in [0.5, 0.6) is 0 Å². The van der Waals surface area contributed by atoms with Crippen LogP contribution >= 0.6 is 0 Å². The first kappa shape index (κ1) is 12.8. The van der Waals surface area contributed by atoms with E-state index in [1.165, 1.54) is 0 Å². The second kappa shape index (κ2) is 5.15. The summed E-state index contributed by atoms with van der Waals surface area (Å²) in [7, 11) is 0. The van der Waals surface area contributed by atoms with E-state index in [0.29, 0.717) is 6.42 Å². The molecule has 0 aliphatic heterocycles. The van der Waals surface area contributed by atoms with Gasteiger partial charge in [-0.25, -0.2) is 0 Å². The molecule has 16 heavy (non-hydrogen) atoms. The largest absolute Gasteiger partial charge is 0.463 e. The van der Waals surface area contributed by atoms with E-state index in [2.05, 4.69) is 0 Å². The minimum absolute atomic E-state index is 0.0532. The SMILES string of the molecule is CC(C)OC(=O)C(C)(C)Cc1ccccc1. The summed E-state index contributed by atoms with van der Waals surface area (Å²) in [5.41, 5.74) is 0.694. The lowest BCUT2D eigenvalue weighted by atomic mass is 9.86. The zero-order chi connectivity index (χ0) is 12.2. The van der Waals surface area contributed by atoms with E-state index in [1.807, 2.05) is 58.0 Å². The first-order valence-corrected chi connectivity index (χ1v) is 5.67. The third-order valence-electron chi connectivity index (χ3n) is 2.38. The van der Waals surface area contributed by atoms with Crippen molar-refractivity contribution >= 4 is 5.97 Å². The normalized spacial score (nSPS) is 11.6. The lowest BCUT2D eigenvalue weighted by molar-refractivity contribution is -0.157. The lowest BCUT2D eigenvalue weighted by Crippen LogP contribution is -2.30. The molecule has 0 aliphatic carbocycles. The van der Waals surface area contributed by atoms with Crippen LogP contribution in [-0.2, 0) is 16.0 Å². The van der Waals surface area contributed by atoms with Crippen molar-refractivity contribution in [2.45, 2.75) is 40.2 Å². The summed E-state index contributed by atoms with van der Waals surface area (Å²) in [5.74, 6) is -0.133. The van der Waals surface area contributed by atoms with Crippen LogP contribution in [0.3, 0.4) is 0 Å². The number of rotatable bonds is 4. The predicted molar refractivity (Wildman–Crippen MR) is 65.2 cm³/mol. The first-order chi connectivity index (χ1) is 7.42. The average Bonchev–Trinajstić information content (AvgIpc) is 2.17. The predicted octanol–water partition coefficient (Wildman–Crippen LogP) is 3.21. The van der Waals surface area contributed by atoms with Crippen molar-refractivity contribution < 1.29 is 9.53 Å². The number of ether oxygens (including phenoxy) is 1. The molecule has 0 aromatic heterocycles. The molecule has 0 atom stereocenters. The number of hydrogen-bond donors (Lipinski definition) is 0. The smallest absolute Gasteiger partial charge is 0.312 e. The molecule has 0 N–H and O–H groups in total. The van der Waals surface area contributed by atoms with Gasteiger partial charge in [-0.15, -0.1) is 0 Å². The molecule has 1 aromatic rings. The summed E-state index contributed by atoms with van der Waals surface area (Å²) in [4.78, 5) is 11.9. The van der Waals surface area contributed by atoms with Crippen LogP contribution in [0, 0.1) is 5.41 Å². The van der Waals surface area contributed by atoms with Gasteiger partial charge >= 0.3 is 5.97 Å². The maximum absolute atomic E-state index is 11.9. The van der Waals surface area contributed by atoms with Gasteiger partial charge in [0.2, 0.25) is 0 Å². The highest BCUT2D eigenvalue weighted by atomic mass is 16.5. The van der Waals surface area contributed by atoms with E-state index in [-0.39, 0.29) is 12.1 Å². The zero-order valence-electron chi connectivity index (χ0n) is 10.5. The Hall–Kier alpha value is -1.31. The van der Waals surface area contributed by atoms with Crippen molar-refractivity contribution in [3.05, 3.63) is 35.9 Å². The quantitative estimate of drug-likeness (QED) is 0.728. The second-order valence-electron chi connectivity index (χ2n) is 5.00. The first-order valence-electron chi connectivity index (χ1n) is 5.67. The Labute approximate surface area is 97.6 Å². The van der Waals surface area contributed by atoms with E-state index in [1.54, 1.807) is 0 Å². The molecule has 0 unspecified atom stereocenters. The van der Waals surface area contributed by atoms with Gasteiger partial charge in [-0.3, -0.25) is 4.79 Å². The standard InChI is InChI=1S/C14H20O2/c1-11(2)16-13(15)14(3,4)10-12-8-6-5-7-9-12/h5-9,11H,10H2,1-4H3.